The SMILES string of the molecule is C#Cc1ccc(-c2nn(C(C)C)c(C(=O)NCC(C)O)c2C#N)cc1C. The highest BCUT2D eigenvalue weighted by Gasteiger charge is 2.26. The van der Waals surface area contributed by atoms with E-state index < -0.39 is 12.0 Å². The lowest BCUT2D eigenvalue weighted by molar-refractivity contribution is 0.0911. The maximum atomic E-state index is 12.6. The normalized spacial score (nSPS) is 11.7. The molecule has 134 valence electrons. The highest BCUT2D eigenvalue weighted by Crippen LogP contribution is 2.28. The molecule has 0 fully saturated rings. The number of terminal acetylenes is 1. The molecular weight excluding hydrogens is 328 g/mol. The Balaban J connectivity index is 2.61. The number of aliphatic hydroxyl groups is 1. The molecule has 0 radical (unpaired) electrons. The summed E-state index contributed by atoms with van der Waals surface area (Å²) < 4.78 is 1.54. The summed E-state index contributed by atoms with van der Waals surface area (Å²) in [5, 5.41) is 26.2. The van der Waals surface area contributed by atoms with Gasteiger partial charge >= 0.3 is 0 Å². The molecular formula is C20H22N4O2. The highest BCUT2D eigenvalue weighted by atomic mass is 16.3. The zero-order chi connectivity index (χ0) is 19.4. The van der Waals surface area contributed by atoms with Gasteiger partial charge in [-0.15, -0.1) is 6.42 Å². The highest BCUT2D eigenvalue weighted by molar-refractivity contribution is 5.97. The number of hydrogen-bond acceptors (Lipinski definition) is 4. The van der Waals surface area contributed by atoms with E-state index in [2.05, 4.69) is 22.4 Å². The van der Waals surface area contributed by atoms with E-state index in [4.69, 9.17) is 6.42 Å². The van der Waals surface area contributed by atoms with Crippen LogP contribution in [0.25, 0.3) is 11.3 Å². The number of hydrogen-bond donors (Lipinski definition) is 2. The second-order valence-corrected chi connectivity index (χ2v) is 6.46. The molecule has 1 amide bonds. The van der Waals surface area contributed by atoms with Crippen LogP contribution in [0.15, 0.2) is 18.2 Å². The first-order chi connectivity index (χ1) is 12.3. The number of amides is 1. The molecule has 0 bridgehead atoms. The topological polar surface area (TPSA) is 90.9 Å². The van der Waals surface area contributed by atoms with E-state index in [1.54, 1.807) is 19.1 Å². The van der Waals surface area contributed by atoms with Crippen LogP contribution in [0.3, 0.4) is 0 Å². The molecule has 2 N–H and O–H groups in total. The molecule has 26 heavy (non-hydrogen) atoms. The van der Waals surface area contributed by atoms with Gasteiger partial charge in [0.15, 0.2) is 0 Å². The molecule has 1 aromatic heterocycles. The van der Waals surface area contributed by atoms with Crippen molar-refractivity contribution >= 4 is 5.91 Å². The molecule has 0 aliphatic heterocycles. The zero-order valence-corrected chi connectivity index (χ0v) is 15.4. The molecule has 1 unspecified atom stereocenters. The Morgan fingerprint density at radius 2 is 2.12 bits per heavy atom. The van der Waals surface area contributed by atoms with Crippen LogP contribution in [0.4, 0.5) is 0 Å². The molecule has 0 aliphatic rings. The van der Waals surface area contributed by atoms with Crippen molar-refractivity contribution in [1.82, 2.24) is 15.1 Å². The lowest BCUT2D eigenvalue weighted by Crippen LogP contribution is -2.33. The van der Waals surface area contributed by atoms with Crippen molar-refractivity contribution in [2.45, 2.75) is 39.8 Å². The first kappa shape index (κ1) is 19.2. The molecule has 1 aromatic carbocycles. The fraction of sp³-hybridized carbons (Fsp3) is 0.350. The molecule has 1 heterocycles. The van der Waals surface area contributed by atoms with Gasteiger partial charge in [0.2, 0.25) is 0 Å². The minimum Gasteiger partial charge on any atom is -0.392 e. The smallest absolute Gasteiger partial charge is 0.271 e. The van der Waals surface area contributed by atoms with Crippen molar-refractivity contribution in [2.75, 3.05) is 6.54 Å². The van der Waals surface area contributed by atoms with Crippen molar-refractivity contribution in [2.24, 2.45) is 0 Å². The van der Waals surface area contributed by atoms with Gasteiger partial charge in [0, 0.05) is 23.7 Å². The summed E-state index contributed by atoms with van der Waals surface area (Å²) in [4.78, 5) is 12.6. The monoisotopic (exact) mass is 350 g/mol. The van der Waals surface area contributed by atoms with Gasteiger partial charge in [-0.05, 0) is 45.4 Å². The predicted molar refractivity (Wildman–Crippen MR) is 99.4 cm³/mol. The molecule has 0 aliphatic carbocycles. The number of aryl methyl sites for hydroxylation is 1. The van der Waals surface area contributed by atoms with Gasteiger partial charge in [-0.1, -0.05) is 12.0 Å². The minimum absolute atomic E-state index is 0.0955. The number of carbonyl (C=O) groups is 1. The molecule has 2 rings (SSSR count). The van der Waals surface area contributed by atoms with Crippen LogP contribution in [-0.4, -0.2) is 33.4 Å². The van der Waals surface area contributed by atoms with Crippen LogP contribution in [0.1, 0.15) is 54.0 Å². The van der Waals surface area contributed by atoms with Gasteiger partial charge in [-0.25, -0.2) is 0 Å². The number of rotatable bonds is 5. The fourth-order valence-electron chi connectivity index (χ4n) is 2.63. The number of benzene rings is 1. The molecule has 2 aromatic rings. The van der Waals surface area contributed by atoms with Crippen molar-refractivity contribution in [3.05, 3.63) is 40.6 Å². The molecule has 1 atom stereocenters. The summed E-state index contributed by atoms with van der Waals surface area (Å²) in [7, 11) is 0. The van der Waals surface area contributed by atoms with Crippen LogP contribution in [0, 0.1) is 30.6 Å². The number of nitriles is 1. The summed E-state index contributed by atoms with van der Waals surface area (Å²) >= 11 is 0. The summed E-state index contributed by atoms with van der Waals surface area (Å²) in [6.45, 7) is 7.33. The lowest BCUT2D eigenvalue weighted by atomic mass is 10.0. The van der Waals surface area contributed by atoms with E-state index in [1.165, 1.54) is 4.68 Å². The second-order valence-electron chi connectivity index (χ2n) is 6.46. The molecule has 0 saturated heterocycles. The lowest BCUT2D eigenvalue weighted by Gasteiger charge is -2.12. The van der Waals surface area contributed by atoms with E-state index in [0.717, 1.165) is 16.7 Å². The molecule has 0 spiro atoms. The number of nitrogens with one attached hydrogen (secondary N) is 1. The summed E-state index contributed by atoms with van der Waals surface area (Å²) in [5.74, 6) is 2.17. The van der Waals surface area contributed by atoms with Gasteiger partial charge in [0.05, 0.1) is 6.10 Å². The Bertz CT molecular complexity index is 911. The Hall–Kier alpha value is -3.09. The maximum Gasteiger partial charge on any atom is 0.271 e. The largest absolute Gasteiger partial charge is 0.392 e. The van der Waals surface area contributed by atoms with E-state index in [9.17, 15) is 15.2 Å². The van der Waals surface area contributed by atoms with Crippen molar-refractivity contribution in [3.63, 3.8) is 0 Å². The van der Waals surface area contributed by atoms with Gasteiger partial charge in [0.25, 0.3) is 5.91 Å². The van der Waals surface area contributed by atoms with E-state index >= 15 is 0 Å². The minimum atomic E-state index is -0.682. The first-order valence-corrected chi connectivity index (χ1v) is 8.36. The van der Waals surface area contributed by atoms with E-state index in [1.807, 2.05) is 26.8 Å². The third kappa shape index (κ3) is 3.77. The molecule has 6 nitrogen and oxygen atoms in total. The average Bonchev–Trinajstić information content (AvgIpc) is 2.99. The van der Waals surface area contributed by atoms with Gasteiger partial charge in [-0.3, -0.25) is 9.48 Å². The number of aromatic nitrogens is 2. The summed E-state index contributed by atoms with van der Waals surface area (Å²) in [6.07, 6.45) is 4.78. The summed E-state index contributed by atoms with van der Waals surface area (Å²) in [5.41, 5.74) is 3.22. The molecule has 6 heteroatoms. The second kappa shape index (κ2) is 7.86. The standard InChI is InChI=1S/C20H22N4O2/c1-6-15-7-8-16(9-13(15)4)18-17(10-21)19(24(23-18)12(2)3)20(26)22-11-14(5)25/h1,7-9,12,14,25H,11H2,2-5H3,(H,22,26). The predicted octanol–water partition coefficient (Wildman–Crippen LogP) is 2.40. The van der Waals surface area contributed by atoms with Crippen molar-refractivity contribution in [3.8, 4) is 29.7 Å². The fourth-order valence-corrected chi connectivity index (χ4v) is 2.63. The van der Waals surface area contributed by atoms with Crippen LogP contribution in [-0.2, 0) is 0 Å². The van der Waals surface area contributed by atoms with Gasteiger partial charge in [-0.2, -0.15) is 10.4 Å². The third-order valence-corrected chi connectivity index (χ3v) is 3.94. The van der Waals surface area contributed by atoms with Crippen molar-refractivity contribution in [1.29, 1.82) is 5.26 Å². The van der Waals surface area contributed by atoms with Crippen LogP contribution in [0.2, 0.25) is 0 Å². The van der Waals surface area contributed by atoms with Crippen molar-refractivity contribution < 1.29 is 9.90 Å². The Labute approximate surface area is 153 Å². The number of carbonyl (C=O) groups excluding carboxylic acids is 1. The third-order valence-electron chi connectivity index (χ3n) is 3.94. The van der Waals surface area contributed by atoms with Crippen LogP contribution < -0.4 is 5.32 Å². The summed E-state index contributed by atoms with van der Waals surface area (Å²) in [6, 6.07) is 7.45. The number of nitrogens with zero attached hydrogens (tertiary/aromatic N) is 3. The van der Waals surface area contributed by atoms with Crippen LogP contribution in [0.5, 0.6) is 0 Å². The average molecular weight is 350 g/mol. The first-order valence-electron chi connectivity index (χ1n) is 8.36. The Morgan fingerprint density at radius 1 is 1.42 bits per heavy atom. The van der Waals surface area contributed by atoms with Gasteiger partial charge in [0.1, 0.15) is 23.0 Å². The maximum absolute atomic E-state index is 12.6. The quantitative estimate of drug-likeness (QED) is 0.810. The Kier molecular flexibility index (Phi) is 5.82. The number of aliphatic hydroxyl groups excluding tert-OH is 1. The van der Waals surface area contributed by atoms with E-state index in [-0.39, 0.29) is 23.8 Å². The zero-order valence-electron chi connectivity index (χ0n) is 15.4. The van der Waals surface area contributed by atoms with E-state index in [0.29, 0.717) is 5.69 Å². The van der Waals surface area contributed by atoms with Crippen LogP contribution >= 0.6 is 0 Å². The molecule has 0 saturated carbocycles. The Morgan fingerprint density at radius 3 is 2.62 bits per heavy atom. The van der Waals surface area contributed by atoms with Gasteiger partial charge < -0.3 is 10.4 Å².